The first-order valence-corrected chi connectivity index (χ1v) is 3.84. The molecule has 0 heterocycles. The summed E-state index contributed by atoms with van der Waals surface area (Å²) in [5.41, 5.74) is 1.94. The summed E-state index contributed by atoms with van der Waals surface area (Å²) in [6, 6.07) is 10.0. The monoisotopic (exact) mass is 157 g/mol. The molecule has 0 N–H and O–H groups in total. The molecule has 0 fully saturated rings. The molecule has 1 aromatic rings. The summed E-state index contributed by atoms with van der Waals surface area (Å²) in [4.78, 5) is 4.19. The Bertz CT molecular complexity index is 304. The lowest BCUT2D eigenvalue weighted by molar-refractivity contribution is 1.07. The average molecular weight is 157 g/mol. The van der Waals surface area contributed by atoms with Crippen molar-refractivity contribution in [1.82, 2.24) is 0 Å². The minimum atomic E-state index is 0.677. The molecular weight excluding hydrogens is 146 g/mol. The first kappa shape index (κ1) is 8.55. The molecule has 0 aliphatic rings. The van der Waals surface area contributed by atoms with Crippen molar-refractivity contribution in [2.45, 2.75) is 13.5 Å². The molecule has 0 unspecified atom stereocenters. The largest absolute Gasteiger partial charge is 0.276 e. The van der Waals surface area contributed by atoms with Gasteiger partial charge in [0.2, 0.25) is 0 Å². The van der Waals surface area contributed by atoms with E-state index in [2.05, 4.69) is 10.9 Å². The van der Waals surface area contributed by atoms with Gasteiger partial charge in [-0.2, -0.15) is 0 Å². The standard InChI is InChI=1S/C11H11N/c1-3-10(2)12-9-11-7-5-4-6-8-11/h1,4-8H,9H2,2H3. The van der Waals surface area contributed by atoms with E-state index in [1.165, 1.54) is 5.56 Å². The highest BCUT2D eigenvalue weighted by molar-refractivity contribution is 5.97. The molecule has 0 spiro atoms. The van der Waals surface area contributed by atoms with Gasteiger partial charge in [0.1, 0.15) is 0 Å². The summed E-state index contributed by atoms with van der Waals surface area (Å²) in [5.74, 6) is 2.49. The second-order valence-electron chi connectivity index (χ2n) is 2.53. The van der Waals surface area contributed by atoms with Crippen molar-refractivity contribution >= 4 is 5.71 Å². The summed E-state index contributed by atoms with van der Waals surface area (Å²) in [5, 5.41) is 0. The van der Waals surface area contributed by atoms with E-state index in [0.29, 0.717) is 6.54 Å². The summed E-state index contributed by atoms with van der Waals surface area (Å²) in [6.45, 7) is 2.51. The molecule has 1 nitrogen and oxygen atoms in total. The summed E-state index contributed by atoms with van der Waals surface area (Å²) < 4.78 is 0. The van der Waals surface area contributed by atoms with Crippen LogP contribution in [0.15, 0.2) is 35.3 Å². The Hall–Kier alpha value is -1.55. The maximum absolute atomic E-state index is 5.16. The molecule has 1 rings (SSSR count). The molecule has 0 saturated heterocycles. The second-order valence-corrected chi connectivity index (χ2v) is 2.53. The number of rotatable bonds is 2. The fourth-order valence-electron chi connectivity index (χ4n) is 0.839. The number of aliphatic imine (C=N–C) groups is 1. The van der Waals surface area contributed by atoms with Crippen LogP contribution in [-0.2, 0) is 6.54 Å². The van der Waals surface area contributed by atoms with E-state index in [0.717, 1.165) is 5.71 Å². The molecule has 0 aliphatic carbocycles. The van der Waals surface area contributed by atoms with Crippen LogP contribution in [0.2, 0.25) is 0 Å². The van der Waals surface area contributed by atoms with Crippen LogP contribution < -0.4 is 0 Å². The van der Waals surface area contributed by atoms with Gasteiger partial charge >= 0.3 is 0 Å². The van der Waals surface area contributed by atoms with Gasteiger partial charge in [-0.1, -0.05) is 36.3 Å². The maximum atomic E-state index is 5.16. The Morgan fingerprint density at radius 3 is 2.67 bits per heavy atom. The summed E-state index contributed by atoms with van der Waals surface area (Å²) >= 11 is 0. The lowest BCUT2D eigenvalue weighted by Gasteiger charge is -1.94. The van der Waals surface area contributed by atoms with Crippen molar-refractivity contribution in [3.8, 4) is 12.3 Å². The van der Waals surface area contributed by atoms with E-state index in [4.69, 9.17) is 6.42 Å². The molecule has 1 aromatic carbocycles. The molecule has 0 saturated carbocycles. The Morgan fingerprint density at radius 2 is 2.08 bits per heavy atom. The van der Waals surface area contributed by atoms with E-state index in [-0.39, 0.29) is 0 Å². The Labute approximate surface area is 73.2 Å². The number of hydrogen-bond donors (Lipinski definition) is 0. The van der Waals surface area contributed by atoms with Gasteiger partial charge in [0.25, 0.3) is 0 Å². The van der Waals surface area contributed by atoms with E-state index in [9.17, 15) is 0 Å². The fraction of sp³-hybridized carbons (Fsp3) is 0.182. The summed E-state index contributed by atoms with van der Waals surface area (Å²) in [7, 11) is 0. The van der Waals surface area contributed by atoms with Crippen molar-refractivity contribution in [3.05, 3.63) is 35.9 Å². The fourth-order valence-corrected chi connectivity index (χ4v) is 0.839. The molecule has 0 aromatic heterocycles. The molecule has 60 valence electrons. The van der Waals surface area contributed by atoms with Crippen molar-refractivity contribution in [2.24, 2.45) is 4.99 Å². The van der Waals surface area contributed by atoms with Crippen LogP contribution in [-0.4, -0.2) is 5.71 Å². The molecular formula is C11H11N. The minimum Gasteiger partial charge on any atom is -0.276 e. The first-order valence-electron chi connectivity index (χ1n) is 3.84. The van der Waals surface area contributed by atoms with Crippen LogP contribution in [0.3, 0.4) is 0 Å². The predicted octanol–water partition coefficient (Wildman–Crippen LogP) is 2.28. The highest BCUT2D eigenvalue weighted by Gasteiger charge is 1.87. The predicted molar refractivity (Wildman–Crippen MR) is 52.1 cm³/mol. The molecule has 12 heavy (non-hydrogen) atoms. The van der Waals surface area contributed by atoms with Crippen LogP contribution in [0, 0.1) is 12.3 Å². The average Bonchev–Trinajstić information content (AvgIpc) is 2.16. The third-order valence-electron chi connectivity index (χ3n) is 1.55. The topological polar surface area (TPSA) is 12.4 Å². The quantitative estimate of drug-likeness (QED) is 0.461. The van der Waals surface area contributed by atoms with Crippen molar-refractivity contribution < 1.29 is 0 Å². The third kappa shape index (κ3) is 2.59. The van der Waals surface area contributed by atoms with Crippen LogP contribution in [0.25, 0.3) is 0 Å². The zero-order valence-corrected chi connectivity index (χ0v) is 7.12. The molecule has 0 aliphatic heterocycles. The SMILES string of the molecule is C#CC(C)=NCc1ccccc1. The minimum absolute atomic E-state index is 0.677. The lowest BCUT2D eigenvalue weighted by Crippen LogP contribution is -1.87. The van der Waals surface area contributed by atoms with E-state index in [1.807, 2.05) is 37.3 Å². The van der Waals surface area contributed by atoms with Crippen molar-refractivity contribution in [1.29, 1.82) is 0 Å². The Balaban J connectivity index is 2.61. The highest BCUT2D eigenvalue weighted by Crippen LogP contribution is 1.99. The molecule has 0 radical (unpaired) electrons. The highest BCUT2D eigenvalue weighted by atomic mass is 14.7. The van der Waals surface area contributed by atoms with Gasteiger partial charge in [-0.05, 0) is 12.5 Å². The maximum Gasteiger partial charge on any atom is 0.0814 e. The van der Waals surface area contributed by atoms with Crippen LogP contribution in [0.4, 0.5) is 0 Å². The van der Waals surface area contributed by atoms with Gasteiger partial charge in [-0.25, -0.2) is 0 Å². The van der Waals surface area contributed by atoms with Gasteiger partial charge in [-0.15, -0.1) is 6.42 Å². The third-order valence-corrected chi connectivity index (χ3v) is 1.55. The number of benzene rings is 1. The molecule has 1 heteroatoms. The van der Waals surface area contributed by atoms with Crippen molar-refractivity contribution in [2.75, 3.05) is 0 Å². The normalized spacial score (nSPS) is 10.8. The van der Waals surface area contributed by atoms with Crippen LogP contribution >= 0.6 is 0 Å². The zero-order chi connectivity index (χ0) is 8.81. The molecule has 0 bridgehead atoms. The van der Waals surface area contributed by atoms with Crippen LogP contribution in [0.5, 0.6) is 0 Å². The van der Waals surface area contributed by atoms with Gasteiger partial charge in [0, 0.05) is 0 Å². The molecule has 0 amide bonds. The number of terminal acetylenes is 1. The van der Waals surface area contributed by atoms with E-state index >= 15 is 0 Å². The second kappa shape index (κ2) is 4.35. The first-order chi connectivity index (χ1) is 5.83. The zero-order valence-electron chi connectivity index (χ0n) is 7.12. The van der Waals surface area contributed by atoms with Crippen molar-refractivity contribution in [3.63, 3.8) is 0 Å². The number of hydrogen-bond acceptors (Lipinski definition) is 1. The Morgan fingerprint density at radius 1 is 1.42 bits per heavy atom. The number of nitrogens with zero attached hydrogens (tertiary/aromatic N) is 1. The Kier molecular flexibility index (Phi) is 3.10. The van der Waals surface area contributed by atoms with Gasteiger partial charge in [-0.3, -0.25) is 4.99 Å². The smallest absolute Gasteiger partial charge is 0.0814 e. The van der Waals surface area contributed by atoms with E-state index in [1.54, 1.807) is 0 Å². The van der Waals surface area contributed by atoms with Gasteiger partial charge in [0.05, 0.1) is 12.3 Å². The summed E-state index contributed by atoms with van der Waals surface area (Å²) in [6.07, 6.45) is 5.16. The van der Waals surface area contributed by atoms with Gasteiger partial charge < -0.3 is 0 Å². The van der Waals surface area contributed by atoms with Gasteiger partial charge in [0.15, 0.2) is 0 Å². The molecule has 0 atom stereocenters. The van der Waals surface area contributed by atoms with E-state index < -0.39 is 0 Å². The lowest BCUT2D eigenvalue weighted by atomic mass is 10.2. The van der Waals surface area contributed by atoms with Crippen LogP contribution in [0.1, 0.15) is 12.5 Å².